The van der Waals surface area contributed by atoms with E-state index in [2.05, 4.69) is 10.3 Å². The van der Waals surface area contributed by atoms with Crippen LogP contribution in [0, 0.1) is 11.6 Å². The van der Waals surface area contributed by atoms with Crippen molar-refractivity contribution in [3.8, 4) is 0 Å². The number of fused-ring (bicyclic) bond motifs is 2. The minimum absolute atomic E-state index is 0.0337. The van der Waals surface area contributed by atoms with Crippen LogP contribution in [0.15, 0.2) is 16.5 Å². The van der Waals surface area contributed by atoms with Crippen molar-refractivity contribution < 1.29 is 18.0 Å². The summed E-state index contributed by atoms with van der Waals surface area (Å²) < 4.78 is 32.4. The second kappa shape index (κ2) is 4.93. The van der Waals surface area contributed by atoms with Gasteiger partial charge in [-0.15, -0.1) is 0 Å². The molecule has 7 heteroatoms. The third kappa shape index (κ3) is 2.03. The highest BCUT2D eigenvalue weighted by Gasteiger charge is 2.42. The lowest BCUT2D eigenvalue weighted by Gasteiger charge is -2.21. The van der Waals surface area contributed by atoms with E-state index in [9.17, 15) is 13.6 Å². The number of carbonyl (C=O) groups is 1. The third-order valence-corrected chi connectivity index (χ3v) is 4.44. The molecule has 22 heavy (non-hydrogen) atoms. The number of amides is 2. The van der Waals surface area contributed by atoms with Crippen molar-refractivity contribution in [2.45, 2.75) is 44.2 Å². The molecule has 116 valence electrons. The molecule has 2 aliphatic rings. The predicted molar refractivity (Wildman–Crippen MR) is 75.6 cm³/mol. The summed E-state index contributed by atoms with van der Waals surface area (Å²) in [7, 11) is 0. The van der Waals surface area contributed by atoms with E-state index in [1.807, 2.05) is 0 Å². The van der Waals surface area contributed by atoms with Crippen LogP contribution in [0.3, 0.4) is 0 Å². The van der Waals surface area contributed by atoms with Gasteiger partial charge in [0.2, 0.25) is 0 Å². The molecule has 1 aliphatic carbocycles. The van der Waals surface area contributed by atoms with Crippen LogP contribution in [0.5, 0.6) is 0 Å². The number of oxazole rings is 1. The Balaban J connectivity index is 1.77. The van der Waals surface area contributed by atoms with Crippen molar-refractivity contribution in [2.75, 3.05) is 4.90 Å². The molecular weight excluding hydrogens is 292 g/mol. The molecule has 2 aromatic rings. The molecule has 5 nitrogen and oxygen atoms in total. The van der Waals surface area contributed by atoms with Gasteiger partial charge in [0.25, 0.3) is 0 Å². The average molecular weight is 307 g/mol. The van der Waals surface area contributed by atoms with E-state index in [4.69, 9.17) is 4.42 Å². The third-order valence-electron chi connectivity index (χ3n) is 4.44. The minimum atomic E-state index is -0.814. The zero-order valence-corrected chi connectivity index (χ0v) is 11.8. The Labute approximate surface area is 125 Å². The summed E-state index contributed by atoms with van der Waals surface area (Å²) in [6.07, 6.45) is 4.98. The molecule has 1 saturated carbocycles. The number of anilines is 1. The smallest absolute Gasteiger partial charge is 0.326 e. The fourth-order valence-electron chi connectivity index (χ4n) is 3.42. The summed E-state index contributed by atoms with van der Waals surface area (Å²) in [5, 5.41) is 2.93. The zero-order valence-electron chi connectivity index (χ0n) is 11.8. The van der Waals surface area contributed by atoms with Gasteiger partial charge in [-0.2, -0.15) is 4.98 Å². The molecule has 2 heterocycles. The zero-order chi connectivity index (χ0) is 15.3. The molecule has 1 aromatic carbocycles. The van der Waals surface area contributed by atoms with E-state index >= 15 is 0 Å². The number of hydrogen-bond donors (Lipinski definition) is 1. The maximum Gasteiger partial charge on any atom is 0.326 e. The second-order valence-corrected chi connectivity index (χ2v) is 5.86. The number of carbonyl (C=O) groups excluding carboxylic acids is 1. The lowest BCUT2D eigenvalue weighted by Crippen LogP contribution is -2.36. The fraction of sp³-hybridized carbons (Fsp3) is 0.467. The topological polar surface area (TPSA) is 58.4 Å². The van der Waals surface area contributed by atoms with E-state index in [1.54, 1.807) is 0 Å². The molecule has 4 rings (SSSR count). The maximum absolute atomic E-state index is 13.7. The summed E-state index contributed by atoms with van der Waals surface area (Å²) in [6.45, 7) is 0. The van der Waals surface area contributed by atoms with Gasteiger partial charge in [-0.25, -0.2) is 18.5 Å². The van der Waals surface area contributed by atoms with Crippen molar-refractivity contribution in [3.63, 3.8) is 0 Å². The van der Waals surface area contributed by atoms with Crippen LogP contribution in [0.1, 0.15) is 32.1 Å². The van der Waals surface area contributed by atoms with Gasteiger partial charge in [0.05, 0.1) is 12.1 Å². The summed E-state index contributed by atoms with van der Waals surface area (Å²) in [4.78, 5) is 17.8. The highest BCUT2D eigenvalue weighted by Crippen LogP contribution is 2.33. The largest absolute Gasteiger partial charge is 0.420 e. The Morgan fingerprint density at radius 1 is 1.23 bits per heavy atom. The Bertz CT molecular complexity index is 746. The molecule has 0 radical (unpaired) electrons. The Morgan fingerprint density at radius 2 is 2.05 bits per heavy atom. The van der Waals surface area contributed by atoms with Gasteiger partial charge in [0.1, 0.15) is 11.3 Å². The first-order chi connectivity index (χ1) is 10.6. The molecule has 2 atom stereocenters. The molecule has 1 aliphatic heterocycles. The lowest BCUT2D eigenvalue weighted by molar-refractivity contribution is 0.249. The van der Waals surface area contributed by atoms with Gasteiger partial charge >= 0.3 is 12.0 Å². The van der Waals surface area contributed by atoms with Crippen molar-refractivity contribution in [1.29, 1.82) is 0 Å². The molecule has 1 aromatic heterocycles. The van der Waals surface area contributed by atoms with E-state index in [-0.39, 0.29) is 35.2 Å². The number of nitrogens with one attached hydrogen (secondary N) is 1. The molecule has 2 amide bonds. The molecule has 2 fully saturated rings. The van der Waals surface area contributed by atoms with Gasteiger partial charge < -0.3 is 9.73 Å². The molecule has 1 saturated heterocycles. The predicted octanol–water partition coefficient (Wildman–Crippen LogP) is 3.34. The van der Waals surface area contributed by atoms with Crippen LogP contribution < -0.4 is 10.2 Å². The minimum Gasteiger partial charge on any atom is -0.420 e. The molecule has 0 bridgehead atoms. The maximum atomic E-state index is 13.7. The van der Waals surface area contributed by atoms with Gasteiger partial charge in [-0.05, 0) is 12.8 Å². The first kappa shape index (κ1) is 13.5. The molecule has 1 N–H and O–H groups in total. The SMILES string of the molecule is O=C1NC2CCCCCC2N1c1nc2cc(F)cc(F)c2o1. The summed E-state index contributed by atoms with van der Waals surface area (Å²) >= 11 is 0. The number of hydrogen-bond acceptors (Lipinski definition) is 3. The normalized spacial score (nSPS) is 25.2. The van der Waals surface area contributed by atoms with Gasteiger partial charge in [-0.1, -0.05) is 19.3 Å². The van der Waals surface area contributed by atoms with Crippen LogP contribution in [-0.2, 0) is 0 Å². The Kier molecular flexibility index (Phi) is 3.02. The number of rotatable bonds is 1. The van der Waals surface area contributed by atoms with Gasteiger partial charge in [0, 0.05) is 12.1 Å². The standard InChI is InChI=1S/C15H15F2N3O2/c16-8-6-9(17)13-11(7-8)19-15(22-13)20-12-5-3-1-2-4-10(12)18-14(20)21/h6-7,10,12H,1-5H2,(H,18,21). The highest BCUT2D eigenvalue weighted by atomic mass is 19.1. The number of urea groups is 1. The van der Waals surface area contributed by atoms with E-state index < -0.39 is 11.6 Å². The van der Waals surface area contributed by atoms with Gasteiger partial charge in [0.15, 0.2) is 11.4 Å². The molecule has 2 unspecified atom stereocenters. The van der Waals surface area contributed by atoms with Crippen LogP contribution in [0.2, 0.25) is 0 Å². The number of aromatic nitrogens is 1. The molecular formula is C15H15F2N3O2. The van der Waals surface area contributed by atoms with E-state index in [0.29, 0.717) is 0 Å². The summed E-state index contributed by atoms with van der Waals surface area (Å²) in [5.74, 6) is -1.53. The fourth-order valence-corrected chi connectivity index (χ4v) is 3.42. The quantitative estimate of drug-likeness (QED) is 0.879. The second-order valence-electron chi connectivity index (χ2n) is 5.86. The highest BCUT2D eigenvalue weighted by molar-refractivity contribution is 5.94. The van der Waals surface area contributed by atoms with Crippen molar-refractivity contribution >= 4 is 23.1 Å². The number of nitrogens with zero attached hydrogens (tertiary/aromatic N) is 2. The molecule has 0 spiro atoms. The first-order valence-electron chi connectivity index (χ1n) is 7.49. The van der Waals surface area contributed by atoms with E-state index in [1.165, 1.54) is 4.90 Å². The summed E-state index contributed by atoms with van der Waals surface area (Å²) in [5.41, 5.74) is -0.0429. The summed E-state index contributed by atoms with van der Waals surface area (Å²) in [6, 6.07) is 1.61. The van der Waals surface area contributed by atoms with Crippen LogP contribution in [0.4, 0.5) is 19.6 Å². The number of halogens is 2. The Morgan fingerprint density at radius 3 is 2.91 bits per heavy atom. The van der Waals surface area contributed by atoms with Crippen LogP contribution >= 0.6 is 0 Å². The van der Waals surface area contributed by atoms with Crippen molar-refractivity contribution in [1.82, 2.24) is 10.3 Å². The van der Waals surface area contributed by atoms with Gasteiger partial charge in [-0.3, -0.25) is 0 Å². The van der Waals surface area contributed by atoms with Crippen molar-refractivity contribution in [2.24, 2.45) is 0 Å². The monoisotopic (exact) mass is 307 g/mol. The van der Waals surface area contributed by atoms with E-state index in [0.717, 1.165) is 44.2 Å². The van der Waals surface area contributed by atoms with Crippen molar-refractivity contribution in [3.05, 3.63) is 23.8 Å². The first-order valence-corrected chi connectivity index (χ1v) is 7.49. The lowest BCUT2D eigenvalue weighted by atomic mass is 10.0. The average Bonchev–Trinajstić information content (AvgIpc) is 2.92. The Hall–Kier alpha value is -2.18. The number of benzene rings is 1. The van der Waals surface area contributed by atoms with Crippen LogP contribution in [0.25, 0.3) is 11.1 Å². The van der Waals surface area contributed by atoms with Crippen LogP contribution in [-0.4, -0.2) is 23.1 Å².